The number of carbonyl (C=O) groups excluding carboxylic acids is 2. The van der Waals surface area contributed by atoms with Gasteiger partial charge in [0.05, 0.1) is 0 Å². The van der Waals surface area contributed by atoms with Crippen LogP contribution in [0, 0.1) is 18.8 Å². The highest BCUT2D eigenvalue weighted by Gasteiger charge is 2.38. The minimum absolute atomic E-state index is 0.0428. The number of aryl methyl sites for hydroxylation is 1. The first-order chi connectivity index (χ1) is 13.6. The van der Waals surface area contributed by atoms with Crippen LogP contribution in [0.2, 0.25) is 0 Å². The number of aromatic amines is 1. The van der Waals surface area contributed by atoms with Gasteiger partial charge in [0.1, 0.15) is 5.82 Å². The normalized spacial score (nSPS) is 22.2. The molecule has 1 aliphatic heterocycles. The van der Waals surface area contributed by atoms with E-state index < -0.39 is 0 Å². The van der Waals surface area contributed by atoms with Gasteiger partial charge in [-0.15, -0.1) is 0 Å². The monoisotopic (exact) mass is 381 g/mol. The lowest BCUT2D eigenvalue weighted by molar-refractivity contribution is -0.141. The van der Waals surface area contributed by atoms with Crippen molar-refractivity contribution >= 4 is 17.5 Å². The van der Waals surface area contributed by atoms with Gasteiger partial charge in [0, 0.05) is 36.2 Å². The Morgan fingerprint density at radius 3 is 2.36 bits per heavy atom. The van der Waals surface area contributed by atoms with Gasteiger partial charge in [-0.2, -0.15) is 5.10 Å². The highest BCUT2D eigenvalue weighted by Crippen LogP contribution is 2.33. The number of benzene rings is 1. The van der Waals surface area contributed by atoms with Crippen molar-refractivity contribution in [3.63, 3.8) is 0 Å². The van der Waals surface area contributed by atoms with Crippen molar-refractivity contribution in [2.24, 2.45) is 11.8 Å². The van der Waals surface area contributed by atoms with E-state index in [1.165, 1.54) is 0 Å². The third-order valence-corrected chi connectivity index (χ3v) is 5.85. The summed E-state index contributed by atoms with van der Waals surface area (Å²) in [7, 11) is 0. The first-order valence-electron chi connectivity index (χ1n) is 10.2. The predicted molar refractivity (Wildman–Crippen MR) is 106 cm³/mol. The minimum atomic E-state index is -0.239. The quantitative estimate of drug-likeness (QED) is 0.851. The maximum Gasteiger partial charge on any atom is 0.228 e. The topological polar surface area (TPSA) is 91.0 Å². The van der Waals surface area contributed by atoms with Crippen LogP contribution in [-0.4, -0.2) is 45.0 Å². The molecular weight excluding hydrogens is 354 g/mol. The van der Waals surface area contributed by atoms with E-state index in [9.17, 15) is 9.59 Å². The van der Waals surface area contributed by atoms with Gasteiger partial charge in [0.15, 0.2) is 5.82 Å². The van der Waals surface area contributed by atoms with Crippen LogP contribution in [0.5, 0.6) is 0 Å². The van der Waals surface area contributed by atoms with Gasteiger partial charge in [-0.05, 0) is 56.9 Å². The number of nitrogens with zero attached hydrogens (tertiary/aromatic N) is 3. The average Bonchev–Trinajstić information content (AvgIpc) is 3.40. The zero-order valence-corrected chi connectivity index (χ0v) is 16.3. The number of nitrogens with one attached hydrogen (secondary N) is 2. The van der Waals surface area contributed by atoms with E-state index in [1.807, 2.05) is 36.1 Å². The van der Waals surface area contributed by atoms with Gasteiger partial charge < -0.3 is 10.2 Å². The molecule has 2 aliphatic rings. The molecule has 1 aromatic heterocycles. The van der Waals surface area contributed by atoms with E-state index in [4.69, 9.17) is 0 Å². The summed E-state index contributed by atoms with van der Waals surface area (Å²) >= 11 is 0. The molecule has 7 heteroatoms. The summed E-state index contributed by atoms with van der Waals surface area (Å²) < 4.78 is 0. The summed E-state index contributed by atoms with van der Waals surface area (Å²) in [6, 6.07) is 7.51. The second-order valence-corrected chi connectivity index (χ2v) is 7.84. The van der Waals surface area contributed by atoms with Gasteiger partial charge in [0.25, 0.3) is 0 Å². The molecule has 0 bridgehead atoms. The number of hydrogen-bond acceptors (Lipinski definition) is 4. The molecule has 2 fully saturated rings. The number of rotatable bonds is 4. The first kappa shape index (κ1) is 18.7. The summed E-state index contributed by atoms with van der Waals surface area (Å²) in [6.45, 7) is 3.53. The Balaban J connectivity index is 1.43. The molecule has 7 nitrogen and oxygen atoms in total. The van der Waals surface area contributed by atoms with Crippen molar-refractivity contribution in [3.8, 4) is 11.4 Å². The molecule has 2 N–H and O–H groups in total. The summed E-state index contributed by atoms with van der Waals surface area (Å²) in [6.07, 6.45) is 5.78. The number of carbonyl (C=O) groups is 2. The third-order valence-electron chi connectivity index (χ3n) is 5.85. The van der Waals surface area contributed by atoms with Gasteiger partial charge in [-0.1, -0.05) is 12.8 Å². The van der Waals surface area contributed by atoms with Gasteiger partial charge in [0.2, 0.25) is 11.8 Å². The van der Waals surface area contributed by atoms with E-state index in [2.05, 4.69) is 20.5 Å². The standard InChI is InChI=1S/C21H27N5O2/c1-14-22-19(25-24-14)15-8-10-16(11-9-15)23-20(27)17-6-2-3-7-18(17)21(28)26-12-4-5-13-26/h8-11,17-18H,2-7,12-13H2,1H3,(H,23,27)(H,22,24,25)/t17-,18+/m0/s1. The van der Waals surface area contributed by atoms with Crippen molar-refractivity contribution in [1.29, 1.82) is 0 Å². The highest BCUT2D eigenvalue weighted by atomic mass is 16.2. The third kappa shape index (κ3) is 3.93. The van der Waals surface area contributed by atoms with Gasteiger partial charge in [-0.25, -0.2) is 4.98 Å². The van der Waals surface area contributed by atoms with E-state index >= 15 is 0 Å². The Kier molecular flexibility index (Phi) is 5.41. The van der Waals surface area contributed by atoms with Crippen molar-refractivity contribution in [2.45, 2.75) is 45.4 Å². The first-order valence-corrected chi connectivity index (χ1v) is 10.2. The second kappa shape index (κ2) is 8.12. The predicted octanol–water partition coefficient (Wildman–Crippen LogP) is 3.15. The van der Waals surface area contributed by atoms with Crippen molar-refractivity contribution in [2.75, 3.05) is 18.4 Å². The van der Waals surface area contributed by atoms with Crippen LogP contribution in [0.3, 0.4) is 0 Å². The molecule has 0 radical (unpaired) electrons. The number of likely N-dealkylation sites (tertiary alicyclic amines) is 1. The molecule has 4 rings (SSSR count). The lowest BCUT2D eigenvalue weighted by Gasteiger charge is -2.32. The molecule has 2 aromatic rings. The Bertz CT molecular complexity index is 839. The fraction of sp³-hybridized carbons (Fsp3) is 0.524. The smallest absolute Gasteiger partial charge is 0.228 e. The van der Waals surface area contributed by atoms with Crippen molar-refractivity contribution < 1.29 is 9.59 Å². The number of anilines is 1. The molecule has 0 unspecified atom stereocenters. The number of amides is 2. The largest absolute Gasteiger partial charge is 0.342 e. The molecule has 1 saturated carbocycles. The molecule has 1 aromatic carbocycles. The Hall–Kier alpha value is -2.70. The van der Waals surface area contributed by atoms with Crippen molar-refractivity contribution in [1.82, 2.24) is 20.1 Å². The van der Waals surface area contributed by atoms with E-state index in [0.29, 0.717) is 5.82 Å². The molecule has 2 heterocycles. The SMILES string of the molecule is Cc1nc(-c2ccc(NC(=O)[C@H]3CCCC[C@H]3C(=O)N3CCCC3)cc2)n[nH]1. The second-order valence-electron chi connectivity index (χ2n) is 7.84. The maximum atomic E-state index is 12.9. The molecule has 1 aliphatic carbocycles. The molecule has 28 heavy (non-hydrogen) atoms. The fourth-order valence-corrected chi connectivity index (χ4v) is 4.32. The lowest BCUT2D eigenvalue weighted by Crippen LogP contribution is -2.42. The fourth-order valence-electron chi connectivity index (χ4n) is 4.32. The molecular formula is C21H27N5O2. The van der Waals surface area contributed by atoms with Crippen LogP contribution in [0.25, 0.3) is 11.4 Å². The van der Waals surface area contributed by atoms with Crippen molar-refractivity contribution in [3.05, 3.63) is 30.1 Å². The van der Waals surface area contributed by atoms with Gasteiger partial charge in [-0.3, -0.25) is 14.7 Å². The van der Waals surface area contributed by atoms with Gasteiger partial charge >= 0.3 is 0 Å². The minimum Gasteiger partial charge on any atom is -0.342 e. The highest BCUT2D eigenvalue weighted by molar-refractivity contribution is 5.96. The van der Waals surface area contributed by atoms with E-state index in [-0.39, 0.29) is 23.7 Å². The van der Waals surface area contributed by atoms with Crippen LogP contribution < -0.4 is 5.32 Å². The Morgan fingerprint density at radius 1 is 1.04 bits per heavy atom. The lowest BCUT2D eigenvalue weighted by atomic mass is 9.77. The zero-order chi connectivity index (χ0) is 19.5. The molecule has 148 valence electrons. The van der Waals surface area contributed by atoms with Crippen LogP contribution in [0.1, 0.15) is 44.3 Å². The van der Waals surface area contributed by atoms with Crippen LogP contribution in [-0.2, 0) is 9.59 Å². The Morgan fingerprint density at radius 2 is 1.71 bits per heavy atom. The van der Waals surface area contributed by atoms with E-state index in [1.54, 1.807) is 0 Å². The molecule has 2 atom stereocenters. The number of hydrogen-bond donors (Lipinski definition) is 2. The average molecular weight is 381 g/mol. The molecule has 1 saturated heterocycles. The summed E-state index contributed by atoms with van der Waals surface area (Å²) in [5.41, 5.74) is 1.63. The maximum absolute atomic E-state index is 12.9. The van der Waals surface area contributed by atoms with E-state index in [0.717, 1.165) is 68.7 Å². The number of aromatic nitrogens is 3. The van der Waals surface area contributed by atoms with Crippen LogP contribution in [0.4, 0.5) is 5.69 Å². The molecule has 0 spiro atoms. The van der Waals surface area contributed by atoms with Crippen LogP contribution in [0.15, 0.2) is 24.3 Å². The summed E-state index contributed by atoms with van der Waals surface area (Å²) in [5, 5.41) is 9.99. The summed E-state index contributed by atoms with van der Waals surface area (Å²) in [4.78, 5) is 32.1. The summed E-state index contributed by atoms with van der Waals surface area (Å²) in [5.74, 6) is 1.11. The van der Waals surface area contributed by atoms with Crippen LogP contribution >= 0.6 is 0 Å². The molecule has 2 amide bonds. The Labute approximate surface area is 164 Å². The number of H-pyrrole nitrogens is 1. The zero-order valence-electron chi connectivity index (χ0n) is 16.3.